The number of alkyl halides is 3. The summed E-state index contributed by atoms with van der Waals surface area (Å²) in [6, 6.07) is 18.6. The molecule has 0 spiro atoms. The molecule has 4 rings (SSSR count). The van der Waals surface area contributed by atoms with Crippen molar-refractivity contribution >= 4 is 11.8 Å². The Morgan fingerprint density at radius 3 is 2.26 bits per heavy atom. The van der Waals surface area contributed by atoms with E-state index in [2.05, 4.69) is 10.2 Å². The zero-order chi connectivity index (χ0) is 24.3. The van der Waals surface area contributed by atoms with Crippen molar-refractivity contribution < 1.29 is 22.6 Å². The molecule has 5 nitrogen and oxygen atoms in total. The Balaban J connectivity index is 1.70. The van der Waals surface area contributed by atoms with Crippen LogP contribution in [0.3, 0.4) is 0 Å². The number of aryl methyl sites for hydroxylation is 1. The normalized spacial score (nSPS) is 11.5. The van der Waals surface area contributed by atoms with Crippen molar-refractivity contribution in [3.63, 3.8) is 0 Å². The van der Waals surface area contributed by atoms with Gasteiger partial charge >= 0.3 is 6.18 Å². The van der Waals surface area contributed by atoms with E-state index in [0.717, 1.165) is 34.5 Å². The van der Waals surface area contributed by atoms with Crippen molar-refractivity contribution in [2.75, 3.05) is 14.2 Å². The van der Waals surface area contributed by atoms with Crippen LogP contribution in [0.5, 0.6) is 11.5 Å². The van der Waals surface area contributed by atoms with Crippen LogP contribution in [0.2, 0.25) is 0 Å². The molecule has 0 fully saturated rings. The van der Waals surface area contributed by atoms with Crippen molar-refractivity contribution in [3.05, 3.63) is 83.4 Å². The third kappa shape index (κ3) is 5.04. The Labute approximate surface area is 199 Å². The number of aromatic nitrogens is 3. The van der Waals surface area contributed by atoms with Gasteiger partial charge in [-0.2, -0.15) is 13.2 Å². The number of ether oxygens (including phenoxy) is 2. The molecule has 0 amide bonds. The van der Waals surface area contributed by atoms with Gasteiger partial charge in [0.2, 0.25) is 0 Å². The second kappa shape index (κ2) is 9.80. The summed E-state index contributed by atoms with van der Waals surface area (Å²) in [6.45, 7) is 2.00. The van der Waals surface area contributed by atoms with Crippen LogP contribution in [0.4, 0.5) is 13.2 Å². The molecular weight excluding hydrogens is 463 g/mol. The second-order valence-corrected chi connectivity index (χ2v) is 8.48. The average molecular weight is 486 g/mol. The lowest BCUT2D eigenvalue weighted by molar-refractivity contribution is -0.137. The Kier molecular flexibility index (Phi) is 6.83. The first kappa shape index (κ1) is 23.7. The number of methoxy groups -OCH3 is 2. The van der Waals surface area contributed by atoms with Crippen LogP contribution in [0.1, 0.15) is 16.7 Å². The molecule has 0 aliphatic carbocycles. The number of halogens is 3. The average Bonchev–Trinajstić information content (AvgIpc) is 3.26. The monoisotopic (exact) mass is 485 g/mol. The van der Waals surface area contributed by atoms with Crippen molar-refractivity contribution in [2.45, 2.75) is 24.0 Å². The Morgan fingerprint density at radius 2 is 1.62 bits per heavy atom. The van der Waals surface area contributed by atoms with Gasteiger partial charge in [0.25, 0.3) is 0 Å². The highest BCUT2D eigenvalue weighted by atomic mass is 32.2. The zero-order valence-corrected chi connectivity index (χ0v) is 19.6. The van der Waals surface area contributed by atoms with Crippen LogP contribution in [-0.4, -0.2) is 29.0 Å². The van der Waals surface area contributed by atoms with Gasteiger partial charge in [-0.15, -0.1) is 10.2 Å². The van der Waals surface area contributed by atoms with Crippen molar-refractivity contribution in [1.29, 1.82) is 0 Å². The van der Waals surface area contributed by atoms with E-state index in [4.69, 9.17) is 9.47 Å². The van der Waals surface area contributed by atoms with Gasteiger partial charge in [-0.3, -0.25) is 4.57 Å². The maximum Gasteiger partial charge on any atom is 0.416 e. The van der Waals surface area contributed by atoms with Gasteiger partial charge < -0.3 is 9.47 Å². The Hall–Kier alpha value is -3.46. The molecule has 1 aromatic heterocycles. The molecule has 0 N–H and O–H groups in total. The van der Waals surface area contributed by atoms with Gasteiger partial charge in [0.05, 0.1) is 19.8 Å². The van der Waals surface area contributed by atoms with E-state index in [1.807, 2.05) is 47.9 Å². The van der Waals surface area contributed by atoms with Gasteiger partial charge in [-0.1, -0.05) is 36.0 Å². The van der Waals surface area contributed by atoms with Crippen LogP contribution in [0.25, 0.3) is 17.1 Å². The van der Waals surface area contributed by atoms with E-state index in [9.17, 15) is 13.2 Å². The molecule has 0 bridgehead atoms. The van der Waals surface area contributed by atoms with E-state index in [1.54, 1.807) is 20.3 Å². The Bertz CT molecular complexity index is 1290. The molecule has 3 aromatic carbocycles. The topological polar surface area (TPSA) is 49.2 Å². The Morgan fingerprint density at radius 1 is 0.882 bits per heavy atom. The predicted octanol–water partition coefficient (Wildman–Crippen LogP) is 6.57. The summed E-state index contributed by atoms with van der Waals surface area (Å²) in [5, 5.41) is 9.44. The number of nitrogens with zero attached hydrogens (tertiary/aromatic N) is 3. The fourth-order valence-corrected chi connectivity index (χ4v) is 4.37. The number of benzene rings is 3. The largest absolute Gasteiger partial charge is 0.493 e. The third-order valence-electron chi connectivity index (χ3n) is 5.18. The standard InChI is InChI=1S/C25H22F3N3O2S/c1-16-5-4-6-20(13-16)31-23(18-9-12-21(32-2)22(14-18)33-3)29-30-24(31)34-15-17-7-10-19(11-8-17)25(26,27)28/h4-14H,15H2,1-3H3. The van der Waals surface area contributed by atoms with Crippen LogP contribution >= 0.6 is 11.8 Å². The fraction of sp³-hybridized carbons (Fsp3) is 0.200. The maximum absolute atomic E-state index is 12.9. The van der Waals surface area contributed by atoms with Gasteiger partial charge in [-0.05, 0) is 60.5 Å². The van der Waals surface area contributed by atoms with E-state index < -0.39 is 11.7 Å². The molecule has 0 saturated carbocycles. The molecule has 0 aliphatic rings. The molecule has 0 unspecified atom stereocenters. The van der Waals surface area contributed by atoms with E-state index in [0.29, 0.717) is 28.2 Å². The molecule has 0 atom stereocenters. The zero-order valence-electron chi connectivity index (χ0n) is 18.8. The van der Waals surface area contributed by atoms with E-state index in [-0.39, 0.29) is 0 Å². The summed E-state index contributed by atoms with van der Waals surface area (Å²) in [4.78, 5) is 0. The number of thioether (sulfide) groups is 1. The van der Waals surface area contributed by atoms with E-state index >= 15 is 0 Å². The summed E-state index contributed by atoms with van der Waals surface area (Å²) in [5.74, 6) is 2.22. The molecular formula is C25H22F3N3O2S. The first-order chi connectivity index (χ1) is 16.3. The fourth-order valence-electron chi connectivity index (χ4n) is 3.46. The van der Waals surface area contributed by atoms with Crippen LogP contribution in [-0.2, 0) is 11.9 Å². The first-order valence-electron chi connectivity index (χ1n) is 10.3. The molecule has 176 valence electrons. The lowest BCUT2D eigenvalue weighted by Crippen LogP contribution is -2.04. The lowest BCUT2D eigenvalue weighted by atomic mass is 10.1. The second-order valence-electron chi connectivity index (χ2n) is 7.53. The quantitative estimate of drug-likeness (QED) is 0.277. The van der Waals surface area contributed by atoms with Gasteiger partial charge in [0, 0.05) is 17.0 Å². The smallest absolute Gasteiger partial charge is 0.416 e. The minimum absolute atomic E-state index is 0.439. The van der Waals surface area contributed by atoms with Crippen LogP contribution in [0.15, 0.2) is 71.9 Å². The molecule has 34 heavy (non-hydrogen) atoms. The van der Waals surface area contributed by atoms with Gasteiger partial charge in [0.15, 0.2) is 22.5 Å². The number of hydrogen-bond acceptors (Lipinski definition) is 5. The summed E-state index contributed by atoms with van der Waals surface area (Å²) in [5.41, 5.74) is 2.82. The van der Waals surface area contributed by atoms with Gasteiger partial charge in [0.1, 0.15) is 0 Å². The highest BCUT2D eigenvalue weighted by Gasteiger charge is 2.30. The summed E-state index contributed by atoms with van der Waals surface area (Å²) >= 11 is 1.40. The molecule has 0 radical (unpaired) electrons. The summed E-state index contributed by atoms with van der Waals surface area (Å²) in [7, 11) is 3.14. The molecule has 9 heteroatoms. The van der Waals surface area contributed by atoms with Crippen LogP contribution < -0.4 is 9.47 Å². The van der Waals surface area contributed by atoms with Crippen molar-refractivity contribution in [2.24, 2.45) is 0 Å². The molecule has 4 aromatic rings. The molecule has 0 saturated heterocycles. The maximum atomic E-state index is 12.9. The first-order valence-corrected chi connectivity index (χ1v) is 11.3. The minimum Gasteiger partial charge on any atom is -0.493 e. The highest BCUT2D eigenvalue weighted by Crippen LogP contribution is 2.35. The van der Waals surface area contributed by atoms with Gasteiger partial charge in [-0.25, -0.2) is 0 Å². The van der Waals surface area contributed by atoms with Crippen LogP contribution in [0, 0.1) is 6.92 Å². The summed E-state index contributed by atoms with van der Waals surface area (Å²) < 4.78 is 51.3. The minimum atomic E-state index is -4.36. The highest BCUT2D eigenvalue weighted by molar-refractivity contribution is 7.98. The number of rotatable bonds is 7. The lowest BCUT2D eigenvalue weighted by Gasteiger charge is -2.13. The van der Waals surface area contributed by atoms with E-state index in [1.165, 1.54) is 23.9 Å². The number of hydrogen-bond donors (Lipinski definition) is 0. The molecule has 0 aliphatic heterocycles. The van der Waals surface area contributed by atoms with Crippen molar-refractivity contribution in [3.8, 4) is 28.6 Å². The predicted molar refractivity (Wildman–Crippen MR) is 126 cm³/mol. The SMILES string of the molecule is COc1ccc(-c2nnc(SCc3ccc(C(F)(F)F)cc3)n2-c2cccc(C)c2)cc1OC. The summed E-state index contributed by atoms with van der Waals surface area (Å²) in [6.07, 6.45) is -4.36. The van der Waals surface area contributed by atoms with Crippen molar-refractivity contribution in [1.82, 2.24) is 14.8 Å². The third-order valence-corrected chi connectivity index (χ3v) is 6.18. The molecule has 1 heterocycles.